The molecule has 0 aliphatic carbocycles. The summed E-state index contributed by atoms with van der Waals surface area (Å²) in [7, 11) is 3.15. The van der Waals surface area contributed by atoms with E-state index in [1.54, 1.807) is 32.4 Å². The molecule has 1 heterocycles. The molecule has 3 rings (SSSR count). The van der Waals surface area contributed by atoms with Gasteiger partial charge in [-0.2, -0.15) is 5.10 Å². The number of para-hydroxylation sites is 2. The lowest BCUT2D eigenvalue weighted by molar-refractivity contribution is -0.118. The number of fused-ring (bicyclic) bond motifs is 1. The van der Waals surface area contributed by atoms with Gasteiger partial charge in [0.1, 0.15) is 11.5 Å². The number of carbonyl (C=O) groups is 1. The van der Waals surface area contributed by atoms with Crippen LogP contribution in [0.15, 0.2) is 52.7 Å². The first-order valence-electron chi connectivity index (χ1n) is 7.81. The maximum Gasteiger partial charge on any atom is 0.250 e. The Kier molecular flexibility index (Phi) is 5.75. The van der Waals surface area contributed by atoms with Crippen LogP contribution in [0.5, 0.6) is 11.5 Å². The Morgan fingerprint density at radius 1 is 1.27 bits per heavy atom. The molecule has 2 N–H and O–H groups in total. The summed E-state index contributed by atoms with van der Waals surface area (Å²) >= 11 is 1.32. The maximum absolute atomic E-state index is 11.9. The number of hydrogen-bond donors (Lipinski definition) is 2. The van der Waals surface area contributed by atoms with Gasteiger partial charge in [0.2, 0.25) is 0 Å². The molecule has 8 heteroatoms. The first-order valence-corrected chi connectivity index (χ1v) is 8.79. The Labute approximate surface area is 154 Å². The third-order valence-corrected chi connectivity index (χ3v) is 4.41. The lowest BCUT2D eigenvalue weighted by Gasteiger charge is -2.06. The van der Waals surface area contributed by atoms with E-state index in [9.17, 15) is 4.79 Å². The van der Waals surface area contributed by atoms with E-state index in [0.29, 0.717) is 16.7 Å². The Bertz CT molecular complexity index is 906. The van der Waals surface area contributed by atoms with Gasteiger partial charge in [-0.05, 0) is 24.3 Å². The van der Waals surface area contributed by atoms with Crippen LogP contribution in [0.2, 0.25) is 0 Å². The topological polar surface area (TPSA) is 88.6 Å². The lowest BCUT2D eigenvalue weighted by atomic mass is 10.2. The lowest BCUT2D eigenvalue weighted by Crippen LogP contribution is -2.19. The zero-order chi connectivity index (χ0) is 18.4. The second kappa shape index (κ2) is 8.39. The van der Waals surface area contributed by atoms with Crippen molar-refractivity contribution >= 4 is 34.9 Å². The van der Waals surface area contributed by atoms with E-state index in [1.807, 2.05) is 24.3 Å². The molecule has 1 amide bonds. The number of amides is 1. The number of aromatic amines is 1. The van der Waals surface area contributed by atoms with Crippen molar-refractivity contribution in [3.05, 3.63) is 48.0 Å². The van der Waals surface area contributed by atoms with Crippen LogP contribution < -0.4 is 14.9 Å². The van der Waals surface area contributed by atoms with E-state index in [2.05, 4.69) is 20.5 Å². The van der Waals surface area contributed by atoms with Crippen LogP contribution in [0, 0.1) is 0 Å². The Morgan fingerprint density at radius 3 is 2.88 bits per heavy atom. The zero-order valence-corrected chi connectivity index (χ0v) is 15.2. The Balaban J connectivity index is 1.54. The van der Waals surface area contributed by atoms with Gasteiger partial charge in [-0.15, -0.1) is 0 Å². The first-order chi connectivity index (χ1) is 12.7. The highest BCUT2D eigenvalue weighted by molar-refractivity contribution is 7.99. The summed E-state index contributed by atoms with van der Waals surface area (Å²) in [6.45, 7) is 0. The number of hydrogen-bond acceptors (Lipinski definition) is 6. The molecular formula is C18H18N4O3S. The third-order valence-electron chi connectivity index (χ3n) is 3.54. The van der Waals surface area contributed by atoms with Crippen molar-refractivity contribution < 1.29 is 14.3 Å². The van der Waals surface area contributed by atoms with Crippen LogP contribution in [0.1, 0.15) is 5.56 Å². The van der Waals surface area contributed by atoms with Crippen molar-refractivity contribution in [1.29, 1.82) is 0 Å². The molecule has 0 aliphatic heterocycles. The van der Waals surface area contributed by atoms with Crippen molar-refractivity contribution in [1.82, 2.24) is 15.4 Å². The summed E-state index contributed by atoms with van der Waals surface area (Å²) < 4.78 is 10.4. The number of nitrogens with zero attached hydrogens (tertiary/aromatic N) is 2. The number of thioether (sulfide) groups is 1. The molecule has 1 aromatic heterocycles. The summed E-state index contributed by atoms with van der Waals surface area (Å²) in [6, 6.07) is 13.1. The summed E-state index contributed by atoms with van der Waals surface area (Å²) in [5, 5.41) is 4.67. The number of imidazole rings is 1. The monoisotopic (exact) mass is 370 g/mol. The molecule has 0 fully saturated rings. The van der Waals surface area contributed by atoms with Gasteiger partial charge < -0.3 is 14.5 Å². The largest absolute Gasteiger partial charge is 0.497 e. The molecule has 0 spiro atoms. The smallest absolute Gasteiger partial charge is 0.250 e. The van der Waals surface area contributed by atoms with E-state index in [4.69, 9.17) is 9.47 Å². The molecule has 7 nitrogen and oxygen atoms in total. The van der Waals surface area contributed by atoms with Gasteiger partial charge in [-0.1, -0.05) is 23.9 Å². The highest BCUT2D eigenvalue weighted by Crippen LogP contribution is 2.23. The minimum atomic E-state index is -0.223. The quantitative estimate of drug-likeness (QED) is 0.379. The van der Waals surface area contributed by atoms with Crippen LogP contribution in [0.4, 0.5) is 0 Å². The number of benzene rings is 2. The summed E-state index contributed by atoms with van der Waals surface area (Å²) in [5.41, 5.74) is 5.05. The predicted molar refractivity (Wildman–Crippen MR) is 102 cm³/mol. The van der Waals surface area contributed by atoms with E-state index < -0.39 is 0 Å². The molecule has 0 saturated heterocycles. The van der Waals surface area contributed by atoms with Crippen molar-refractivity contribution in [3.63, 3.8) is 0 Å². The van der Waals surface area contributed by atoms with Gasteiger partial charge in [0.25, 0.3) is 5.91 Å². The predicted octanol–water partition coefficient (Wildman–Crippen LogP) is 2.82. The van der Waals surface area contributed by atoms with Crippen molar-refractivity contribution in [2.75, 3.05) is 20.0 Å². The van der Waals surface area contributed by atoms with Gasteiger partial charge in [0.05, 0.1) is 37.2 Å². The van der Waals surface area contributed by atoms with Crippen molar-refractivity contribution in [2.45, 2.75) is 5.16 Å². The molecule has 134 valence electrons. The van der Waals surface area contributed by atoms with Crippen LogP contribution in [-0.2, 0) is 4.79 Å². The highest BCUT2D eigenvalue weighted by atomic mass is 32.2. The fraction of sp³-hybridized carbons (Fsp3) is 0.167. The van der Waals surface area contributed by atoms with E-state index in [1.165, 1.54) is 18.0 Å². The van der Waals surface area contributed by atoms with Gasteiger partial charge in [0.15, 0.2) is 5.16 Å². The van der Waals surface area contributed by atoms with E-state index >= 15 is 0 Å². The number of aromatic nitrogens is 2. The standard InChI is InChI=1S/C18H18N4O3S/c1-24-13-8-7-12(16(9-13)25-2)10-19-22-17(23)11-26-18-20-14-5-3-4-6-15(14)21-18/h3-10H,11H2,1-2H3,(H,20,21)(H,22,23). The molecule has 3 aromatic rings. The molecule has 0 aliphatic rings. The number of carbonyl (C=O) groups excluding carboxylic acids is 1. The van der Waals surface area contributed by atoms with Gasteiger partial charge in [0, 0.05) is 11.6 Å². The average molecular weight is 370 g/mol. The number of methoxy groups -OCH3 is 2. The minimum Gasteiger partial charge on any atom is -0.497 e. The third kappa shape index (κ3) is 4.34. The summed E-state index contributed by atoms with van der Waals surface area (Å²) in [4.78, 5) is 19.5. The minimum absolute atomic E-state index is 0.205. The molecule has 0 atom stereocenters. The van der Waals surface area contributed by atoms with Gasteiger partial charge in [-0.25, -0.2) is 10.4 Å². The van der Waals surface area contributed by atoms with Crippen LogP contribution in [-0.4, -0.2) is 42.1 Å². The summed E-state index contributed by atoms with van der Waals surface area (Å²) in [6.07, 6.45) is 1.53. The first kappa shape index (κ1) is 17.8. The average Bonchev–Trinajstić information content (AvgIpc) is 3.09. The molecule has 2 aromatic carbocycles. The zero-order valence-electron chi connectivity index (χ0n) is 14.4. The second-order valence-corrected chi connectivity index (χ2v) is 6.21. The second-order valence-electron chi connectivity index (χ2n) is 5.25. The molecular weight excluding hydrogens is 352 g/mol. The van der Waals surface area contributed by atoms with Gasteiger partial charge >= 0.3 is 0 Å². The maximum atomic E-state index is 11.9. The number of H-pyrrole nitrogens is 1. The number of nitrogens with one attached hydrogen (secondary N) is 2. The normalized spacial score (nSPS) is 11.0. The Morgan fingerprint density at radius 2 is 2.12 bits per heavy atom. The molecule has 0 bridgehead atoms. The fourth-order valence-corrected chi connectivity index (χ4v) is 2.94. The SMILES string of the molecule is COc1ccc(C=NNC(=O)CSc2nc3ccccc3[nH]2)c(OC)c1. The van der Waals surface area contributed by atoms with E-state index in [-0.39, 0.29) is 11.7 Å². The Hall–Kier alpha value is -3.00. The number of ether oxygens (including phenoxy) is 2. The van der Waals surface area contributed by atoms with Gasteiger partial charge in [-0.3, -0.25) is 4.79 Å². The summed E-state index contributed by atoms with van der Waals surface area (Å²) in [5.74, 6) is 1.28. The molecule has 0 saturated carbocycles. The molecule has 26 heavy (non-hydrogen) atoms. The number of hydrazone groups is 1. The van der Waals surface area contributed by atoms with Crippen molar-refractivity contribution in [2.24, 2.45) is 5.10 Å². The number of rotatable bonds is 7. The fourth-order valence-electron chi connectivity index (χ4n) is 2.26. The highest BCUT2D eigenvalue weighted by Gasteiger charge is 2.07. The molecule has 0 radical (unpaired) electrons. The van der Waals surface area contributed by atoms with Crippen LogP contribution in [0.3, 0.4) is 0 Å². The van der Waals surface area contributed by atoms with Crippen LogP contribution >= 0.6 is 11.8 Å². The van der Waals surface area contributed by atoms with Crippen LogP contribution in [0.25, 0.3) is 11.0 Å². The molecule has 0 unspecified atom stereocenters. The van der Waals surface area contributed by atoms with Crippen molar-refractivity contribution in [3.8, 4) is 11.5 Å². The van der Waals surface area contributed by atoms with E-state index in [0.717, 1.165) is 16.6 Å².